The summed E-state index contributed by atoms with van der Waals surface area (Å²) < 4.78 is 2.03. The molecule has 2 aromatic rings. The van der Waals surface area contributed by atoms with E-state index in [0.29, 0.717) is 6.41 Å². The van der Waals surface area contributed by atoms with Crippen LogP contribution in [0.3, 0.4) is 0 Å². The third-order valence-corrected chi connectivity index (χ3v) is 2.29. The van der Waals surface area contributed by atoms with E-state index in [0.717, 1.165) is 12.2 Å². The fraction of sp³-hybridized carbons (Fsp3) is 0.0769. The van der Waals surface area contributed by atoms with Crippen LogP contribution in [-0.2, 0) is 11.3 Å². The fourth-order valence-corrected chi connectivity index (χ4v) is 1.57. The Bertz CT molecular complexity index is 468. The SMILES string of the molecule is O=CNc1ccc[n+](Cc2ccccc2)c1. The molecule has 0 aliphatic heterocycles. The van der Waals surface area contributed by atoms with Gasteiger partial charge in [0.15, 0.2) is 18.9 Å². The quantitative estimate of drug-likeness (QED) is 0.607. The lowest BCUT2D eigenvalue weighted by Crippen LogP contribution is -2.33. The van der Waals surface area contributed by atoms with Crippen LogP contribution < -0.4 is 9.88 Å². The number of amides is 1. The minimum atomic E-state index is 0.683. The van der Waals surface area contributed by atoms with Gasteiger partial charge < -0.3 is 5.32 Å². The van der Waals surface area contributed by atoms with E-state index in [1.54, 1.807) is 0 Å². The van der Waals surface area contributed by atoms with Gasteiger partial charge in [0.25, 0.3) is 0 Å². The summed E-state index contributed by atoms with van der Waals surface area (Å²) in [7, 11) is 0. The van der Waals surface area contributed by atoms with Crippen molar-refractivity contribution in [1.29, 1.82) is 0 Å². The number of hydrogen-bond donors (Lipinski definition) is 1. The van der Waals surface area contributed by atoms with Crippen LogP contribution in [-0.4, -0.2) is 6.41 Å². The van der Waals surface area contributed by atoms with Crippen molar-refractivity contribution in [3.05, 3.63) is 60.4 Å². The Labute approximate surface area is 94.4 Å². The van der Waals surface area contributed by atoms with Crippen LogP contribution in [0.1, 0.15) is 5.56 Å². The Kier molecular flexibility index (Phi) is 3.28. The second-order valence-electron chi connectivity index (χ2n) is 3.51. The third-order valence-electron chi connectivity index (χ3n) is 2.29. The van der Waals surface area contributed by atoms with Crippen LogP contribution >= 0.6 is 0 Å². The molecule has 1 aromatic carbocycles. The summed E-state index contributed by atoms with van der Waals surface area (Å²) in [5, 5.41) is 2.63. The number of nitrogens with one attached hydrogen (secondary N) is 1. The van der Waals surface area contributed by atoms with Crippen molar-refractivity contribution in [3.8, 4) is 0 Å². The van der Waals surface area contributed by atoms with Crippen molar-refractivity contribution < 1.29 is 9.36 Å². The topological polar surface area (TPSA) is 33.0 Å². The molecule has 0 bridgehead atoms. The molecule has 1 aromatic heterocycles. The number of benzene rings is 1. The number of nitrogens with zero attached hydrogens (tertiary/aromatic N) is 1. The van der Waals surface area contributed by atoms with E-state index in [1.807, 2.05) is 47.3 Å². The molecule has 0 atom stereocenters. The lowest BCUT2D eigenvalue weighted by Gasteiger charge is -1.99. The van der Waals surface area contributed by atoms with Crippen LogP contribution in [0.5, 0.6) is 0 Å². The first-order valence-corrected chi connectivity index (χ1v) is 5.12. The van der Waals surface area contributed by atoms with Gasteiger partial charge in [0.1, 0.15) is 5.69 Å². The summed E-state index contributed by atoms with van der Waals surface area (Å²) in [6, 6.07) is 14.0. The molecule has 2 rings (SSSR count). The first-order valence-electron chi connectivity index (χ1n) is 5.12. The summed E-state index contributed by atoms with van der Waals surface area (Å²) in [5.74, 6) is 0. The summed E-state index contributed by atoms with van der Waals surface area (Å²) in [6.07, 6.45) is 4.56. The van der Waals surface area contributed by atoms with Gasteiger partial charge in [0, 0.05) is 11.6 Å². The molecule has 0 aliphatic rings. The lowest BCUT2D eigenvalue weighted by atomic mass is 10.2. The molecule has 1 heterocycles. The first kappa shape index (κ1) is 10.4. The molecular weight excluding hydrogens is 200 g/mol. The van der Waals surface area contributed by atoms with E-state index in [9.17, 15) is 4.79 Å². The smallest absolute Gasteiger partial charge is 0.211 e. The highest BCUT2D eigenvalue weighted by atomic mass is 16.1. The molecule has 80 valence electrons. The molecule has 3 nitrogen and oxygen atoms in total. The molecule has 0 saturated heterocycles. The Hall–Kier alpha value is -2.16. The highest BCUT2D eigenvalue weighted by molar-refractivity contribution is 5.69. The van der Waals surface area contributed by atoms with Gasteiger partial charge in [-0.3, -0.25) is 4.79 Å². The maximum Gasteiger partial charge on any atom is 0.211 e. The van der Waals surface area contributed by atoms with E-state index >= 15 is 0 Å². The van der Waals surface area contributed by atoms with Crippen molar-refractivity contribution in [3.63, 3.8) is 0 Å². The van der Waals surface area contributed by atoms with Crippen LogP contribution in [0.2, 0.25) is 0 Å². The Morgan fingerprint density at radius 3 is 2.69 bits per heavy atom. The standard InChI is InChI=1S/C13H12N2O/c16-11-14-13-7-4-8-15(10-13)9-12-5-2-1-3-6-12/h1-8,10-11H,9H2/p+1. The zero-order chi connectivity index (χ0) is 11.2. The van der Waals surface area contributed by atoms with Crippen LogP contribution in [0.25, 0.3) is 0 Å². The molecular formula is C13H13N2O+. The van der Waals surface area contributed by atoms with Crippen LogP contribution in [0.15, 0.2) is 54.9 Å². The zero-order valence-corrected chi connectivity index (χ0v) is 8.84. The average Bonchev–Trinajstić information content (AvgIpc) is 2.31. The van der Waals surface area contributed by atoms with Crippen molar-refractivity contribution in [2.45, 2.75) is 6.54 Å². The molecule has 0 radical (unpaired) electrons. The molecule has 1 N–H and O–H groups in total. The third kappa shape index (κ3) is 2.67. The van der Waals surface area contributed by atoms with E-state index in [2.05, 4.69) is 17.4 Å². The number of carbonyl (C=O) groups is 1. The summed E-state index contributed by atoms with van der Waals surface area (Å²) >= 11 is 0. The average molecular weight is 213 g/mol. The number of pyridine rings is 1. The predicted molar refractivity (Wildman–Crippen MR) is 61.9 cm³/mol. The van der Waals surface area contributed by atoms with E-state index in [-0.39, 0.29) is 0 Å². The lowest BCUT2D eigenvalue weighted by molar-refractivity contribution is -0.687. The van der Waals surface area contributed by atoms with Crippen molar-refractivity contribution >= 4 is 12.1 Å². The second-order valence-corrected chi connectivity index (χ2v) is 3.51. The van der Waals surface area contributed by atoms with Crippen LogP contribution in [0, 0.1) is 0 Å². The summed E-state index contributed by atoms with van der Waals surface area (Å²) in [4.78, 5) is 10.3. The van der Waals surface area contributed by atoms with Gasteiger partial charge in [0.05, 0.1) is 0 Å². The number of aromatic nitrogens is 1. The van der Waals surface area contributed by atoms with Crippen LogP contribution in [0.4, 0.5) is 5.69 Å². The number of hydrogen-bond acceptors (Lipinski definition) is 1. The van der Waals surface area contributed by atoms with Gasteiger partial charge in [-0.1, -0.05) is 30.3 Å². The van der Waals surface area contributed by atoms with E-state index in [1.165, 1.54) is 5.56 Å². The Balaban J connectivity index is 2.15. The highest BCUT2D eigenvalue weighted by Gasteiger charge is 2.02. The molecule has 0 aliphatic carbocycles. The summed E-state index contributed by atoms with van der Waals surface area (Å²) in [5.41, 5.74) is 2.03. The first-order chi connectivity index (χ1) is 7.88. The van der Waals surface area contributed by atoms with Gasteiger partial charge in [-0.2, -0.15) is 4.57 Å². The second kappa shape index (κ2) is 5.07. The zero-order valence-electron chi connectivity index (χ0n) is 8.84. The van der Waals surface area contributed by atoms with E-state index in [4.69, 9.17) is 0 Å². The van der Waals surface area contributed by atoms with Gasteiger partial charge in [-0.05, 0) is 6.07 Å². The molecule has 0 spiro atoms. The number of rotatable bonds is 4. The monoisotopic (exact) mass is 213 g/mol. The number of anilines is 1. The molecule has 0 unspecified atom stereocenters. The Morgan fingerprint density at radius 2 is 1.94 bits per heavy atom. The fourth-order valence-electron chi connectivity index (χ4n) is 1.57. The number of carbonyl (C=O) groups excluding carboxylic acids is 1. The summed E-state index contributed by atoms with van der Waals surface area (Å²) in [6.45, 7) is 0.801. The van der Waals surface area contributed by atoms with Crippen molar-refractivity contribution in [2.75, 3.05) is 5.32 Å². The molecule has 3 heteroatoms. The minimum absolute atomic E-state index is 0.683. The maximum atomic E-state index is 10.3. The normalized spacial score (nSPS) is 9.75. The maximum absolute atomic E-state index is 10.3. The molecule has 16 heavy (non-hydrogen) atoms. The van der Waals surface area contributed by atoms with Gasteiger partial charge >= 0.3 is 0 Å². The van der Waals surface area contributed by atoms with Gasteiger partial charge in [-0.25, -0.2) is 0 Å². The molecule has 0 fully saturated rings. The highest BCUT2D eigenvalue weighted by Crippen LogP contribution is 2.02. The minimum Gasteiger partial charge on any atom is -0.324 e. The van der Waals surface area contributed by atoms with Gasteiger partial charge in [0.2, 0.25) is 6.41 Å². The molecule has 1 amide bonds. The van der Waals surface area contributed by atoms with Gasteiger partial charge in [-0.15, -0.1) is 0 Å². The van der Waals surface area contributed by atoms with Crippen molar-refractivity contribution in [2.24, 2.45) is 0 Å². The Morgan fingerprint density at radius 1 is 1.12 bits per heavy atom. The van der Waals surface area contributed by atoms with Crippen molar-refractivity contribution in [1.82, 2.24) is 0 Å². The predicted octanol–water partition coefficient (Wildman–Crippen LogP) is 1.59. The largest absolute Gasteiger partial charge is 0.324 e. The molecule has 0 saturated carbocycles. The van der Waals surface area contributed by atoms with E-state index < -0.39 is 0 Å².